The van der Waals surface area contributed by atoms with E-state index in [9.17, 15) is 4.79 Å². The smallest absolute Gasteiger partial charge is 0.257 e. The van der Waals surface area contributed by atoms with E-state index in [-0.39, 0.29) is 12.5 Å². The van der Waals surface area contributed by atoms with Crippen LogP contribution < -0.4 is 10.1 Å². The van der Waals surface area contributed by atoms with Crippen molar-refractivity contribution >= 4 is 64.1 Å². The minimum Gasteiger partial charge on any atom is -0.482 e. The fourth-order valence-electron chi connectivity index (χ4n) is 1.89. The second-order valence-corrected chi connectivity index (χ2v) is 7.73. The molecule has 0 aromatic heterocycles. The predicted octanol–water partition coefficient (Wildman–Crippen LogP) is 5.73. The summed E-state index contributed by atoms with van der Waals surface area (Å²) >= 11 is 25.6. The fourth-order valence-corrected chi connectivity index (χ4v) is 3.95. The lowest BCUT2D eigenvalue weighted by atomic mass is 10.2. The van der Waals surface area contributed by atoms with Crippen molar-refractivity contribution in [2.24, 2.45) is 0 Å². The van der Waals surface area contributed by atoms with Gasteiger partial charge in [-0.1, -0.05) is 52.5 Å². The van der Waals surface area contributed by atoms with E-state index in [2.05, 4.69) is 5.32 Å². The molecule has 0 saturated heterocycles. The summed E-state index contributed by atoms with van der Waals surface area (Å²) < 4.78 is 5.37. The first kappa shape index (κ1) is 20.5. The normalized spacial score (nSPS) is 10.6. The van der Waals surface area contributed by atoms with Crippen molar-refractivity contribution in [3.8, 4) is 5.75 Å². The molecule has 2 aromatic carbocycles. The second kappa shape index (κ2) is 10.4. The van der Waals surface area contributed by atoms with Crippen LogP contribution in [0.1, 0.15) is 5.56 Å². The Hall–Kier alpha value is -0.780. The SMILES string of the molecule is O=C(COc1ccc(Cl)cc1Cl)NCCSCc1c(Cl)cccc1Cl. The molecule has 8 heteroatoms. The van der Waals surface area contributed by atoms with Crippen molar-refractivity contribution in [1.29, 1.82) is 0 Å². The average molecular weight is 439 g/mol. The number of carbonyl (C=O) groups excluding carboxylic acids is 1. The molecule has 0 aliphatic rings. The molecule has 0 heterocycles. The standard InChI is InChI=1S/C17H15Cl4NO2S/c18-11-4-5-16(15(21)8-11)24-9-17(23)22-6-7-25-10-12-13(19)2-1-3-14(12)20/h1-5,8H,6-7,9-10H2,(H,22,23). The Bertz CT molecular complexity index is 722. The number of thioether (sulfide) groups is 1. The van der Waals surface area contributed by atoms with Crippen molar-refractivity contribution < 1.29 is 9.53 Å². The van der Waals surface area contributed by atoms with Gasteiger partial charge in [0, 0.05) is 33.1 Å². The highest BCUT2D eigenvalue weighted by Gasteiger charge is 2.07. The molecule has 0 aliphatic heterocycles. The maximum Gasteiger partial charge on any atom is 0.257 e. The Morgan fingerprint density at radius 3 is 2.44 bits per heavy atom. The monoisotopic (exact) mass is 437 g/mol. The molecular formula is C17H15Cl4NO2S. The van der Waals surface area contributed by atoms with Crippen LogP contribution in [0.3, 0.4) is 0 Å². The summed E-state index contributed by atoms with van der Waals surface area (Å²) in [6.07, 6.45) is 0. The lowest BCUT2D eigenvalue weighted by molar-refractivity contribution is -0.122. The van der Waals surface area contributed by atoms with Gasteiger partial charge in [0.05, 0.1) is 5.02 Å². The van der Waals surface area contributed by atoms with E-state index in [4.69, 9.17) is 51.1 Å². The van der Waals surface area contributed by atoms with Crippen LogP contribution in [0, 0.1) is 0 Å². The molecule has 0 aliphatic carbocycles. The number of benzene rings is 2. The highest BCUT2D eigenvalue weighted by molar-refractivity contribution is 7.98. The van der Waals surface area contributed by atoms with E-state index in [0.29, 0.717) is 38.1 Å². The van der Waals surface area contributed by atoms with E-state index < -0.39 is 0 Å². The van der Waals surface area contributed by atoms with Crippen LogP contribution in [0.4, 0.5) is 0 Å². The van der Waals surface area contributed by atoms with Gasteiger partial charge in [-0.05, 0) is 35.9 Å². The second-order valence-electron chi connectivity index (χ2n) is 4.97. The molecule has 3 nitrogen and oxygen atoms in total. The molecule has 2 aromatic rings. The Morgan fingerprint density at radius 2 is 1.76 bits per heavy atom. The lowest BCUT2D eigenvalue weighted by Crippen LogP contribution is -2.30. The Balaban J connectivity index is 1.65. The molecule has 0 fully saturated rings. The molecule has 25 heavy (non-hydrogen) atoms. The van der Waals surface area contributed by atoms with Crippen LogP contribution in [-0.2, 0) is 10.5 Å². The van der Waals surface area contributed by atoms with Gasteiger partial charge in [-0.15, -0.1) is 0 Å². The first-order valence-electron chi connectivity index (χ1n) is 7.32. The zero-order valence-corrected chi connectivity index (χ0v) is 16.9. The van der Waals surface area contributed by atoms with Crippen molar-refractivity contribution in [2.75, 3.05) is 18.9 Å². The number of amides is 1. The molecule has 1 N–H and O–H groups in total. The summed E-state index contributed by atoms with van der Waals surface area (Å²) in [4.78, 5) is 11.8. The van der Waals surface area contributed by atoms with E-state index in [1.54, 1.807) is 30.0 Å². The summed E-state index contributed by atoms with van der Waals surface area (Å²) in [6, 6.07) is 10.3. The number of carbonyl (C=O) groups is 1. The summed E-state index contributed by atoms with van der Waals surface area (Å²) in [6.45, 7) is 0.408. The zero-order valence-electron chi connectivity index (χ0n) is 13.0. The van der Waals surface area contributed by atoms with E-state index >= 15 is 0 Å². The van der Waals surface area contributed by atoms with Gasteiger partial charge in [0.1, 0.15) is 5.75 Å². The first-order chi connectivity index (χ1) is 12.0. The molecule has 0 spiro atoms. The van der Waals surface area contributed by atoms with E-state index in [1.165, 1.54) is 0 Å². The topological polar surface area (TPSA) is 38.3 Å². The molecule has 2 rings (SSSR count). The van der Waals surface area contributed by atoms with Gasteiger partial charge in [-0.2, -0.15) is 11.8 Å². The highest BCUT2D eigenvalue weighted by Crippen LogP contribution is 2.28. The van der Waals surface area contributed by atoms with Gasteiger partial charge < -0.3 is 10.1 Å². The number of halogens is 4. The zero-order chi connectivity index (χ0) is 18.2. The molecule has 134 valence electrons. The number of hydrogen-bond acceptors (Lipinski definition) is 3. The minimum absolute atomic E-state index is 0.109. The summed E-state index contributed by atoms with van der Waals surface area (Å²) in [7, 11) is 0. The molecule has 0 bridgehead atoms. The third-order valence-electron chi connectivity index (χ3n) is 3.13. The molecule has 1 amide bonds. The van der Waals surface area contributed by atoms with Crippen molar-refractivity contribution in [3.63, 3.8) is 0 Å². The van der Waals surface area contributed by atoms with Crippen LogP contribution in [0.15, 0.2) is 36.4 Å². The average Bonchev–Trinajstić information content (AvgIpc) is 2.56. The van der Waals surface area contributed by atoms with Crippen LogP contribution in [0.2, 0.25) is 20.1 Å². The number of nitrogens with one attached hydrogen (secondary N) is 1. The molecule has 0 unspecified atom stereocenters. The van der Waals surface area contributed by atoms with Gasteiger partial charge in [0.2, 0.25) is 0 Å². The summed E-state index contributed by atoms with van der Waals surface area (Å²) in [5, 5.41) is 4.96. The van der Waals surface area contributed by atoms with Gasteiger partial charge in [-0.25, -0.2) is 0 Å². The molecule has 0 atom stereocenters. The number of hydrogen-bond donors (Lipinski definition) is 1. The predicted molar refractivity (Wildman–Crippen MR) is 108 cm³/mol. The van der Waals surface area contributed by atoms with Gasteiger partial charge in [0.25, 0.3) is 5.91 Å². The van der Waals surface area contributed by atoms with Gasteiger partial charge in [-0.3, -0.25) is 4.79 Å². The largest absolute Gasteiger partial charge is 0.482 e. The fraction of sp³-hybridized carbons (Fsp3) is 0.235. The Morgan fingerprint density at radius 1 is 1.04 bits per heavy atom. The third-order valence-corrected chi connectivity index (χ3v) is 5.35. The summed E-state index contributed by atoms with van der Waals surface area (Å²) in [5.41, 5.74) is 0.905. The summed E-state index contributed by atoms with van der Waals surface area (Å²) in [5.74, 6) is 1.62. The molecule has 0 radical (unpaired) electrons. The van der Waals surface area contributed by atoms with Crippen molar-refractivity contribution in [1.82, 2.24) is 5.32 Å². The van der Waals surface area contributed by atoms with E-state index in [0.717, 1.165) is 11.3 Å². The van der Waals surface area contributed by atoms with Gasteiger partial charge in [0.15, 0.2) is 6.61 Å². The number of rotatable bonds is 8. The molecular weight excluding hydrogens is 424 g/mol. The third kappa shape index (κ3) is 6.80. The Labute approximate surface area is 170 Å². The highest BCUT2D eigenvalue weighted by atomic mass is 35.5. The maximum atomic E-state index is 11.8. The Kier molecular flexibility index (Phi) is 8.53. The van der Waals surface area contributed by atoms with Crippen molar-refractivity contribution in [3.05, 3.63) is 62.1 Å². The minimum atomic E-state index is -0.220. The van der Waals surface area contributed by atoms with Crippen LogP contribution in [-0.4, -0.2) is 24.8 Å². The van der Waals surface area contributed by atoms with E-state index in [1.807, 2.05) is 18.2 Å². The maximum absolute atomic E-state index is 11.8. The quantitative estimate of drug-likeness (QED) is 0.535. The van der Waals surface area contributed by atoms with Crippen molar-refractivity contribution in [2.45, 2.75) is 5.75 Å². The number of ether oxygens (including phenoxy) is 1. The van der Waals surface area contributed by atoms with Crippen LogP contribution >= 0.6 is 58.2 Å². The van der Waals surface area contributed by atoms with Crippen LogP contribution in [0.5, 0.6) is 5.75 Å². The first-order valence-corrected chi connectivity index (χ1v) is 9.99. The lowest BCUT2D eigenvalue weighted by Gasteiger charge is -2.09. The molecule has 0 saturated carbocycles. The van der Waals surface area contributed by atoms with Crippen LogP contribution in [0.25, 0.3) is 0 Å². The van der Waals surface area contributed by atoms with Gasteiger partial charge >= 0.3 is 0 Å².